The second-order valence-corrected chi connectivity index (χ2v) is 11.5. The van der Waals surface area contributed by atoms with Gasteiger partial charge >= 0.3 is 0 Å². The Kier molecular flexibility index (Phi) is 7.94. The minimum absolute atomic E-state index is 0.364. The van der Waals surface area contributed by atoms with Crippen LogP contribution >= 0.6 is 15.6 Å². The van der Waals surface area contributed by atoms with Crippen LogP contribution in [0.4, 0.5) is 0 Å². The maximum atomic E-state index is 11.3. The summed E-state index contributed by atoms with van der Waals surface area (Å²) in [7, 11) is -10.8. The third-order valence-corrected chi connectivity index (χ3v) is 8.48. The predicted molar refractivity (Wildman–Crippen MR) is 102 cm³/mol. The van der Waals surface area contributed by atoms with Crippen LogP contribution in [0.1, 0.15) is 65.7 Å². The zero-order valence-corrected chi connectivity index (χ0v) is 18.7. The Hall–Kier alpha value is -0.260. The normalized spacial score (nSPS) is 30.6. The van der Waals surface area contributed by atoms with E-state index in [1.165, 1.54) is 31.3 Å². The summed E-state index contributed by atoms with van der Waals surface area (Å²) in [4.78, 5) is 32.0. The van der Waals surface area contributed by atoms with E-state index in [0.717, 1.165) is 30.8 Å². The van der Waals surface area contributed by atoms with Gasteiger partial charge in [-0.3, -0.25) is 8.88 Å². The fourth-order valence-electron chi connectivity index (χ4n) is 5.00. The van der Waals surface area contributed by atoms with Crippen LogP contribution in [-0.2, 0) is 18.0 Å². The summed E-state index contributed by atoms with van der Waals surface area (Å²) in [5.74, 6) is 1.86. The monoisotopic (exact) mass is 433 g/mol. The lowest BCUT2D eigenvalue weighted by Gasteiger charge is -2.51. The Morgan fingerprint density at radius 3 is 2.61 bits per heavy atom. The molecule has 2 fully saturated rings. The second-order valence-electron chi connectivity index (χ2n) is 8.82. The average molecular weight is 433 g/mol. The number of fused-ring (bicyclic) bond motifs is 1. The van der Waals surface area contributed by atoms with Crippen LogP contribution in [0.3, 0.4) is 0 Å². The number of allylic oxidation sites excluding steroid dienone is 2. The molecule has 0 aromatic carbocycles. The number of rotatable bonds is 8. The van der Waals surface area contributed by atoms with E-state index in [4.69, 9.17) is 0 Å². The molecule has 162 valence electrons. The third kappa shape index (κ3) is 6.91. The maximum Gasteiger partial charge on any atom is 0.272 e. The predicted octanol–water partition coefficient (Wildman–Crippen LogP) is 3.45. The molecular formula is C19H31O7P2-3. The van der Waals surface area contributed by atoms with Crippen molar-refractivity contribution in [2.75, 3.05) is 6.61 Å². The molecule has 4 atom stereocenters. The summed E-state index contributed by atoms with van der Waals surface area (Å²) in [6.45, 7) is 10.6. The number of hydrogen-bond acceptors (Lipinski definition) is 7. The first-order valence-corrected chi connectivity index (χ1v) is 12.8. The van der Waals surface area contributed by atoms with E-state index in [-0.39, 0.29) is 6.61 Å². The lowest BCUT2D eigenvalue weighted by atomic mass is 9.54. The minimum atomic E-state index is -5.65. The maximum absolute atomic E-state index is 11.3. The molecule has 2 saturated carbocycles. The minimum Gasteiger partial charge on any atom is -0.790 e. The Bertz CT molecular complexity index is 694. The van der Waals surface area contributed by atoms with Crippen molar-refractivity contribution >= 4 is 15.6 Å². The quantitative estimate of drug-likeness (QED) is 0.424. The zero-order valence-electron chi connectivity index (χ0n) is 16.9. The van der Waals surface area contributed by atoms with Crippen LogP contribution in [0.5, 0.6) is 0 Å². The molecule has 0 heterocycles. The van der Waals surface area contributed by atoms with Crippen LogP contribution in [0.25, 0.3) is 0 Å². The van der Waals surface area contributed by atoms with Gasteiger partial charge in [0.25, 0.3) is 7.82 Å². The molecule has 9 heteroatoms. The van der Waals surface area contributed by atoms with Crippen LogP contribution in [-0.4, -0.2) is 6.61 Å². The number of phosphoric ester groups is 1. The first-order valence-electron chi connectivity index (χ1n) is 9.83. The SMILES string of the molecule is C=C1CC[C@H]2C(CCCC2(C)C)[C@@H]1CC/C(C)=C/COP(=O)([O-])OP(=O)([O-])[O-]. The molecule has 7 nitrogen and oxygen atoms in total. The molecule has 2 rings (SSSR count). The average Bonchev–Trinajstić information content (AvgIpc) is 2.50. The first kappa shape index (κ1) is 24.0. The summed E-state index contributed by atoms with van der Waals surface area (Å²) in [6, 6.07) is 0. The Balaban J connectivity index is 1.89. The topological polar surface area (TPSA) is 122 Å². The highest BCUT2D eigenvalue weighted by molar-refractivity contribution is 7.58. The highest BCUT2D eigenvalue weighted by atomic mass is 31.3. The lowest BCUT2D eigenvalue weighted by Crippen LogP contribution is -2.41. The Morgan fingerprint density at radius 1 is 1.29 bits per heavy atom. The fourth-order valence-corrected chi connectivity index (χ4v) is 6.42. The molecule has 0 amide bonds. The molecule has 0 bridgehead atoms. The lowest BCUT2D eigenvalue weighted by molar-refractivity contribution is -0.339. The smallest absolute Gasteiger partial charge is 0.272 e. The summed E-state index contributed by atoms with van der Waals surface area (Å²) >= 11 is 0. The molecule has 0 spiro atoms. The van der Waals surface area contributed by atoms with Crippen molar-refractivity contribution in [3.63, 3.8) is 0 Å². The van der Waals surface area contributed by atoms with Gasteiger partial charge in [-0.2, -0.15) is 0 Å². The van der Waals surface area contributed by atoms with Gasteiger partial charge in [-0.15, -0.1) is 0 Å². The fraction of sp³-hybridized carbons (Fsp3) is 0.789. The van der Waals surface area contributed by atoms with Gasteiger partial charge in [-0.25, -0.2) is 0 Å². The largest absolute Gasteiger partial charge is 0.790 e. The van der Waals surface area contributed by atoms with Crippen molar-refractivity contribution < 1.29 is 32.6 Å². The molecule has 0 aromatic heterocycles. The van der Waals surface area contributed by atoms with Gasteiger partial charge < -0.3 is 23.8 Å². The van der Waals surface area contributed by atoms with E-state index < -0.39 is 15.6 Å². The molecule has 0 aliphatic heterocycles. The van der Waals surface area contributed by atoms with Crippen molar-refractivity contribution in [3.8, 4) is 0 Å². The van der Waals surface area contributed by atoms with Gasteiger partial charge in [0.1, 0.15) is 0 Å². The standard InChI is InChI=1S/C19H34O7P2/c1-14(11-13-25-28(23,24)26-27(20,21)22)7-9-16-15(2)8-10-18-17(16)6-5-12-19(18,3)4/h11,16-18H,2,5-10,12-13H2,1,3-4H3,(H,23,24)(H2,20,21,22)/p-3/b14-11+/t16-,17?,18+/m1/s1. The van der Waals surface area contributed by atoms with Crippen LogP contribution in [0.15, 0.2) is 23.8 Å². The molecule has 0 radical (unpaired) electrons. The van der Waals surface area contributed by atoms with Crippen molar-refractivity contribution in [2.45, 2.75) is 65.7 Å². The summed E-state index contributed by atoms with van der Waals surface area (Å²) in [6.07, 6.45) is 9.37. The molecule has 2 aliphatic rings. The van der Waals surface area contributed by atoms with Crippen LogP contribution in [0, 0.1) is 23.2 Å². The molecule has 2 unspecified atom stereocenters. The van der Waals surface area contributed by atoms with Gasteiger partial charge in [0.2, 0.25) is 0 Å². The first-order chi connectivity index (χ1) is 12.8. The molecular weight excluding hydrogens is 402 g/mol. The third-order valence-electron chi connectivity index (χ3n) is 6.41. The summed E-state index contributed by atoms with van der Waals surface area (Å²) in [5.41, 5.74) is 2.64. The van der Waals surface area contributed by atoms with E-state index in [1.54, 1.807) is 6.08 Å². The Morgan fingerprint density at radius 2 is 1.96 bits per heavy atom. The van der Waals surface area contributed by atoms with Gasteiger partial charge in [0.05, 0.1) is 14.4 Å². The highest BCUT2D eigenvalue weighted by Gasteiger charge is 2.44. The molecule has 2 aliphatic carbocycles. The van der Waals surface area contributed by atoms with Gasteiger partial charge in [-0.1, -0.05) is 44.1 Å². The number of phosphoric acid groups is 2. The second kappa shape index (κ2) is 9.26. The number of hydrogen-bond donors (Lipinski definition) is 0. The van der Waals surface area contributed by atoms with E-state index in [1.807, 2.05) is 6.92 Å². The summed E-state index contributed by atoms with van der Waals surface area (Å²) < 4.78 is 29.5. The summed E-state index contributed by atoms with van der Waals surface area (Å²) in [5, 5.41) is 0. The van der Waals surface area contributed by atoms with Gasteiger partial charge in [0, 0.05) is 0 Å². The van der Waals surface area contributed by atoms with E-state index >= 15 is 0 Å². The molecule has 0 saturated heterocycles. The Labute approximate surface area is 168 Å². The van der Waals surface area contributed by atoms with Crippen LogP contribution < -0.4 is 14.7 Å². The van der Waals surface area contributed by atoms with Crippen molar-refractivity contribution in [3.05, 3.63) is 23.8 Å². The van der Waals surface area contributed by atoms with E-state index in [2.05, 4.69) is 29.3 Å². The van der Waals surface area contributed by atoms with Gasteiger partial charge in [-0.05, 0) is 68.6 Å². The van der Waals surface area contributed by atoms with Crippen molar-refractivity contribution in [1.29, 1.82) is 0 Å². The van der Waals surface area contributed by atoms with Crippen molar-refractivity contribution in [1.82, 2.24) is 0 Å². The van der Waals surface area contributed by atoms with Crippen molar-refractivity contribution in [2.24, 2.45) is 23.2 Å². The van der Waals surface area contributed by atoms with Crippen LogP contribution in [0.2, 0.25) is 0 Å². The molecule has 0 aromatic rings. The van der Waals surface area contributed by atoms with E-state index in [9.17, 15) is 23.8 Å². The van der Waals surface area contributed by atoms with E-state index in [0.29, 0.717) is 17.3 Å². The zero-order chi connectivity index (χ0) is 21.2. The molecule has 0 N–H and O–H groups in total. The highest BCUT2D eigenvalue weighted by Crippen LogP contribution is 2.54. The molecule has 28 heavy (non-hydrogen) atoms. The van der Waals surface area contributed by atoms with Gasteiger partial charge in [0.15, 0.2) is 0 Å².